The summed E-state index contributed by atoms with van der Waals surface area (Å²) in [6, 6.07) is 11.7. The molecule has 0 N–H and O–H groups in total. The van der Waals surface area contributed by atoms with Crippen LogP contribution in [0.15, 0.2) is 49.1 Å². The molecule has 0 aliphatic rings. The maximum absolute atomic E-state index is 5.95. The first-order valence-corrected chi connectivity index (χ1v) is 7.92. The first-order valence-electron chi connectivity index (χ1n) is 7.92. The van der Waals surface area contributed by atoms with Gasteiger partial charge in [0.05, 0.1) is 20.8 Å². The molecular weight excluding hydrogens is 304 g/mol. The van der Waals surface area contributed by atoms with Crippen LogP contribution in [0.4, 0.5) is 0 Å². The van der Waals surface area contributed by atoms with Crippen LogP contribution in [-0.2, 0) is 13.0 Å². The molecule has 0 unspecified atom stereocenters. The Bertz CT molecular complexity index is 637. The van der Waals surface area contributed by atoms with Crippen molar-refractivity contribution in [3.63, 3.8) is 0 Å². The minimum absolute atomic E-state index is 0.417. The van der Waals surface area contributed by atoms with E-state index in [-0.39, 0.29) is 0 Å². The molecule has 4 nitrogen and oxygen atoms in total. The highest BCUT2D eigenvalue weighted by Crippen LogP contribution is 2.39. The maximum Gasteiger partial charge on any atom is 0.203 e. The highest BCUT2D eigenvalue weighted by atomic mass is 16.5. The monoisotopic (exact) mass is 328 g/mol. The van der Waals surface area contributed by atoms with E-state index in [0.29, 0.717) is 30.5 Å². The van der Waals surface area contributed by atoms with Crippen molar-refractivity contribution in [1.29, 1.82) is 0 Å². The fourth-order valence-electron chi connectivity index (χ4n) is 2.37. The summed E-state index contributed by atoms with van der Waals surface area (Å²) in [4.78, 5) is 0. The van der Waals surface area contributed by atoms with Crippen molar-refractivity contribution in [2.75, 3.05) is 20.8 Å². The Labute approximate surface area is 143 Å². The van der Waals surface area contributed by atoms with Crippen molar-refractivity contribution in [1.82, 2.24) is 0 Å². The molecule has 0 radical (unpaired) electrons. The van der Waals surface area contributed by atoms with Gasteiger partial charge in [-0.15, -0.1) is 6.58 Å². The van der Waals surface area contributed by atoms with Gasteiger partial charge in [0, 0.05) is 0 Å². The Morgan fingerprint density at radius 2 is 1.54 bits per heavy atom. The van der Waals surface area contributed by atoms with E-state index < -0.39 is 0 Å². The van der Waals surface area contributed by atoms with Gasteiger partial charge in [0.2, 0.25) is 5.75 Å². The highest BCUT2D eigenvalue weighted by Gasteiger charge is 2.14. The van der Waals surface area contributed by atoms with Gasteiger partial charge in [-0.25, -0.2) is 0 Å². The normalized spacial score (nSPS) is 10.1. The number of hydrogen-bond donors (Lipinski definition) is 0. The van der Waals surface area contributed by atoms with E-state index in [1.165, 1.54) is 0 Å². The van der Waals surface area contributed by atoms with Gasteiger partial charge in [0.1, 0.15) is 12.4 Å². The zero-order chi connectivity index (χ0) is 17.4. The summed E-state index contributed by atoms with van der Waals surface area (Å²) in [5, 5.41) is 0. The van der Waals surface area contributed by atoms with E-state index in [1.807, 2.05) is 49.4 Å². The number of allylic oxidation sites excluding steroid dienone is 1. The molecular formula is C20H24O4. The average Bonchev–Trinajstić information content (AvgIpc) is 2.61. The van der Waals surface area contributed by atoms with Crippen molar-refractivity contribution in [2.24, 2.45) is 0 Å². The highest BCUT2D eigenvalue weighted by molar-refractivity contribution is 5.54. The fraction of sp³-hybridized carbons (Fsp3) is 0.300. The second-order valence-electron chi connectivity index (χ2n) is 5.19. The Kier molecular flexibility index (Phi) is 6.55. The Morgan fingerprint density at radius 3 is 2.04 bits per heavy atom. The lowest BCUT2D eigenvalue weighted by atomic mass is 10.1. The Balaban J connectivity index is 2.17. The van der Waals surface area contributed by atoms with Crippen molar-refractivity contribution in [3.8, 4) is 23.0 Å². The summed E-state index contributed by atoms with van der Waals surface area (Å²) in [5.41, 5.74) is 2.10. The van der Waals surface area contributed by atoms with Gasteiger partial charge < -0.3 is 18.9 Å². The maximum atomic E-state index is 5.95. The topological polar surface area (TPSA) is 36.9 Å². The van der Waals surface area contributed by atoms with Crippen LogP contribution in [0, 0.1) is 0 Å². The minimum Gasteiger partial charge on any atom is -0.494 e. The predicted octanol–water partition coefficient (Wildman–Crippen LogP) is 4.41. The number of benzene rings is 2. The second-order valence-corrected chi connectivity index (χ2v) is 5.19. The Morgan fingerprint density at radius 1 is 0.917 bits per heavy atom. The molecule has 2 rings (SSSR count). The van der Waals surface area contributed by atoms with Crippen LogP contribution in [-0.4, -0.2) is 20.8 Å². The lowest BCUT2D eigenvalue weighted by Crippen LogP contribution is -2.01. The third-order valence-electron chi connectivity index (χ3n) is 3.52. The van der Waals surface area contributed by atoms with Crippen LogP contribution in [0.5, 0.6) is 23.0 Å². The molecule has 0 amide bonds. The molecule has 0 saturated heterocycles. The fourth-order valence-corrected chi connectivity index (χ4v) is 2.37. The molecule has 2 aromatic rings. The average molecular weight is 328 g/mol. The van der Waals surface area contributed by atoms with Gasteiger partial charge in [-0.1, -0.05) is 18.2 Å². The van der Waals surface area contributed by atoms with Gasteiger partial charge in [-0.3, -0.25) is 0 Å². The molecule has 0 aromatic heterocycles. The van der Waals surface area contributed by atoms with Crippen molar-refractivity contribution in [2.45, 2.75) is 20.0 Å². The lowest BCUT2D eigenvalue weighted by molar-refractivity contribution is 0.265. The van der Waals surface area contributed by atoms with Crippen LogP contribution < -0.4 is 18.9 Å². The van der Waals surface area contributed by atoms with E-state index in [2.05, 4.69) is 6.58 Å². The van der Waals surface area contributed by atoms with Crippen LogP contribution in [0.2, 0.25) is 0 Å². The summed E-state index contributed by atoms with van der Waals surface area (Å²) in [6.07, 6.45) is 2.58. The SMILES string of the molecule is C=CCc1cc(OC)c(OCc2ccc(OCC)cc2)c(OC)c1. The van der Waals surface area contributed by atoms with E-state index in [4.69, 9.17) is 18.9 Å². The molecule has 0 aliphatic carbocycles. The van der Waals surface area contributed by atoms with E-state index in [9.17, 15) is 0 Å². The third-order valence-corrected chi connectivity index (χ3v) is 3.52. The van der Waals surface area contributed by atoms with Crippen molar-refractivity contribution >= 4 is 0 Å². The van der Waals surface area contributed by atoms with E-state index in [1.54, 1.807) is 14.2 Å². The molecule has 24 heavy (non-hydrogen) atoms. The number of ether oxygens (including phenoxy) is 4. The van der Waals surface area contributed by atoms with Crippen LogP contribution in [0.25, 0.3) is 0 Å². The van der Waals surface area contributed by atoms with Gasteiger partial charge in [0.25, 0.3) is 0 Å². The summed E-state index contributed by atoms with van der Waals surface area (Å²) in [5.74, 6) is 2.75. The molecule has 0 fully saturated rings. The summed E-state index contributed by atoms with van der Waals surface area (Å²) in [7, 11) is 3.24. The Hall–Kier alpha value is -2.62. The van der Waals surface area contributed by atoms with Gasteiger partial charge in [0.15, 0.2) is 11.5 Å². The van der Waals surface area contributed by atoms with Crippen LogP contribution >= 0.6 is 0 Å². The molecule has 0 atom stereocenters. The first-order chi connectivity index (χ1) is 11.7. The van der Waals surface area contributed by atoms with Crippen LogP contribution in [0.1, 0.15) is 18.1 Å². The molecule has 0 saturated carbocycles. The molecule has 128 valence electrons. The van der Waals surface area contributed by atoms with Gasteiger partial charge >= 0.3 is 0 Å². The number of hydrogen-bond acceptors (Lipinski definition) is 4. The zero-order valence-electron chi connectivity index (χ0n) is 14.5. The molecule has 0 spiro atoms. The van der Waals surface area contributed by atoms with Gasteiger partial charge in [-0.2, -0.15) is 0 Å². The summed E-state index contributed by atoms with van der Waals surface area (Å²) in [6.45, 7) is 6.80. The minimum atomic E-state index is 0.417. The van der Waals surface area contributed by atoms with Crippen molar-refractivity contribution < 1.29 is 18.9 Å². The molecule has 4 heteroatoms. The first kappa shape index (κ1) is 17.7. The molecule has 0 heterocycles. The quantitative estimate of drug-likeness (QED) is 0.639. The zero-order valence-corrected chi connectivity index (χ0v) is 14.5. The van der Waals surface area contributed by atoms with E-state index in [0.717, 1.165) is 23.3 Å². The predicted molar refractivity (Wildman–Crippen MR) is 95.4 cm³/mol. The molecule has 0 bridgehead atoms. The largest absolute Gasteiger partial charge is 0.494 e. The number of methoxy groups -OCH3 is 2. The van der Waals surface area contributed by atoms with Crippen LogP contribution in [0.3, 0.4) is 0 Å². The third kappa shape index (κ3) is 4.44. The van der Waals surface area contributed by atoms with Crippen molar-refractivity contribution in [3.05, 3.63) is 60.2 Å². The van der Waals surface area contributed by atoms with Gasteiger partial charge in [-0.05, 0) is 48.7 Å². The number of rotatable bonds is 9. The molecule has 0 aliphatic heterocycles. The summed E-state index contributed by atoms with van der Waals surface area (Å²) >= 11 is 0. The smallest absolute Gasteiger partial charge is 0.203 e. The molecule has 2 aromatic carbocycles. The van der Waals surface area contributed by atoms with E-state index >= 15 is 0 Å². The second kappa shape index (κ2) is 8.87. The standard InChI is InChI=1S/C20H24O4/c1-5-7-16-12-18(21-3)20(19(13-16)22-4)24-14-15-8-10-17(11-9-15)23-6-2/h5,8-13H,1,6-7,14H2,2-4H3. The lowest BCUT2D eigenvalue weighted by Gasteiger charge is -2.16. The summed E-state index contributed by atoms with van der Waals surface area (Å²) < 4.78 is 22.3.